The zero-order valence-electron chi connectivity index (χ0n) is 21.4. The second-order valence-corrected chi connectivity index (χ2v) is 9.82. The van der Waals surface area contributed by atoms with E-state index < -0.39 is 30.2 Å². The highest BCUT2D eigenvalue weighted by molar-refractivity contribution is 6.04. The number of benzene rings is 2. The molecule has 3 aromatic rings. The molecule has 0 radical (unpaired) electrons. The number of aromatic nitrogens is 2. The summed E-state index contributed by atoms with van der Waals surface area (Å²) in [5.41, 5.74) is 9.33. The van der Waals surface area contributed by atoms with Crippen molar-refractivity contribution in [3.8, 4) is 5.69 Å². The molecule has 2 aromatic carbocycles. The van der Waals surface area contributed by atoms with Crippen molar-refractivity contribution in [2.45, 2.75) is 36.8 Å². The van der Waals surface area contributed by atoms with Crippen molar-refractivity contribution in [3.63, 3.8) is 0 Å². The Labute approximate surface area is 228 Å². The van der Waals surface area contributed by atoms with Crippen LogP contribution >= 0.6 is 0 Å². The van der Waals surface area contributed by atoms with Crippen LogP contribution in [0.2, 0.25) is 0 Å². The monoisotopic (exact) mass is 589 g/mol. The van der Waals surface area contributed by atoms with Crippen LogP contribution in [0.5, 0.6) is 0 Å². The fraction of sp³-hybridized carbons (Fsp3) is 0.360. The van der Waals surface area contributed by atoms with E-state index in [1.54, 1.807) is 11.0 Å². The minimum Gasteiger partial charge on any atom is -0.542 e. The van der Waals surface area contributed by atoms with Gasteiger partial charge in [0.1, 0.15) is 36.6 Å². The lowest BCUT2D eigenvalue weighted by Gasteiger charge is -2.25. The molecule has 0 aliphatic carbocycles. The predicted octanol–water partition coefficient (Wildman–Crippen LogP) is -2.13. The van der Waals surface area contributed by atoms with Crippen molar-refractivity contribution in [3.05, 3.63) is 59.8 Å². The number of piperazine rings is 1. The molecular formula is C25H25F6N5O5. The molecule has 222 valence electrons. The number of carbonyl (C=O) groups excluding carboxylic acids is 3. The molecular weight excluding hydrogens is 564 g/mol. The number of rotatable bonds is 4. The van der Waals surface area contributed by atoms with Crippen molar-refractivity contribution in [1.82, 2.24) is 9.78 Å². The van der Waals surface area contributed by atoms with E-state index in [0.717, 1.165) is 23.5 Å². The predicted molar refractivity (Wildman–Crippen MR) is 125 cm³/mol. The highest BCUT2D eigenvalue weighted by Gasteiger charge is 2.55. The van der Waals surface area contributed by atoms with Gasteiger partial charge in [-0.2, -0.15) is 31.4 Å². The molecule has 1 aromatic heterocycles. The third kappa shape index (κ3) is 7.73. The van der Waals surface area contributed by atoms with E-state index in [9.17, 15) is 31.1 Å². The number of amides is 1. The SMILES string of the molecule is C[NH+]1CC2(Cc3ccc(-n4cc5cccc(C(N)=O)c5n4)cc3)CC1C[NH2+]2.O=C([O-])C(F)(F)F.O=C([O-])C(F)(F)F. The maximum absolute atomic E-state index is 11.6. The molecule has 41 heavy (non-hydrogen) atoms. The third-order valence-electron chi connectivity index (χ3n) is 6.84. The van der Waals surface area contributed by atoms with Crippen LogP contribution in [0.15, 0.2) is 48.7 Å². The van der Waals surface area contributed by atoms with Crippen LogP contribution in [-0.2, 0) is 16.0 Å². The van der Waals surface area contributed by atoms with Crippen LogP contribution < -0.4 is 26.2 Å². The number of hydrogen-bond donors (Lipinski definition) is 3. The lowest BCUT2D eigenvalue weighted by atomic mass is 9.91. The Kier molecular flexibility index (Phi) is 8.98. The zero-order valence-corrected chi connectivity index (χ0v) is 21.4. The van der Waals surface area contributed by atoms with Crippen molar-refractivity contribution in [2.75, 3.05) is 20.1 Å². The second-order valence-electron chi connectivity index (χ2n) is 9.82. The molecule has 2 aliphatic rings. The van der Waals surface area contributed by atoms with Crippen LogP contribution in [0.3, 0.4) is 0 Å². The largest absolute Gasteiger partial charge is 0.542 e. The van der Waals surface area contributed by atoms with Gasteiger partial charge in [-0.15, -0.1) is 0 Å². The number of aliphatic carboxylic acids is 2. The van der Waals surface area contributed by atoms with E-state index in [-0.39, 0.29) is 0 Å². The highest BCUT2D eigenvalue weighted by Crippen LogP contribution is 2.23. The fourth-order valence-electron chi connectivity index (χ4n) is 5.03. The Morgan fingerprint density at radius 1 is 1.05 bits per heavy atom. The lowest BCUT2D eigenvalue weighted by Crippen LogP contribution is -3.20. The maximum Gasteiger partial charge on any atom is 0.430 e. The Bertz CT molecular complexity index is 1390. The molecule has 2 aliphatic heterocycles. The van der Waals surface area contributed by atoms with Gasteiger partial charge >= 0.3 is 12.4 Å². The summed E-state index contributed by atoms with van der Waals surface area (Å²) >= 11 is 0. The van der Waals surface area contributed by atoms with Gasteiger partial charge in [0.05, 0.1) is 24.7 Å². The summed E-state index contributed by atoms with van der Waals surface area (Å²) in [5.74, 6) is -6.46. The Morgan fingerprint density at radius 2 is 1.61 bits per heavy atom. The van der Waals surface area contributed by atoms with Crippen LogP contribution in [-0.4, -0.2) is 71.7 Å². The van der Waals surface area contributed by atoms with Gasteiger partial charge in [0, 0.05) is 18.0 Å². The number of alkyl halides is 6. The first kappa shape index (κ1) is 31.3. The number of primary amides is 1. The molecule has 10 nitrogen and oxygen atoms in total. The number of carbonyl (C=O) groups is 3. The van der Waals surface area contributed by atoms with Gasteiger partial charge in [-0.1, -0.05) is 24.3 Å². The number of quaternary nitrogens is 2. The van der Waals surface area contributed by atoms with Gasteiger partial charge in [0.15, 0.2) is 5.54 Å². The van der Waals surface area contributed by atoms with Crippen LogP contribution in [0.25, 0.3) is 16.6 Å². The van der Waals surface area contributed by atoms with E-state index in [1.165, 1.54) is 25.1 Å². The number of hydrogen-bond acceptors (Lipinski definition) is 6. The van der Waals surface area contributed by atoms with Gasteiger partial charge in [-0.3, -0.25) is 4.79 Å². The molecule has 16 heteroatoms. The van der Waals surface area contributed by atoms with Gasteiger partial charge in [-0.25, -0.2) is 4.68 Å². The molecule has 0 saturated carbocycles. The average Bonchev–Trinajstić information content (AvgIpc) is 3.56. The number of nitrogens with one attached hydrogen (secondary N) is 1. The van der Waals surface area contributed by atoms with Crippen LogP contribution in [0, 0.1) is 0 Å². The average molecular weight is 589 g/mol. The molecule has 3 unspecified atom stereocenters. The normalized spacial score (nSPS) is 21.4. The Hall–Kier alpha value is -4.18. The summed E-state index contributed by atoms with van der Waals surface area (Å²) in [4.78, 5) is 30.9. The molecule has 2 fully saturated rings. The summed E-state index contributed by atoms with van der Waals surface area (Å²) in [5, 5.41) is 25.6. The Balaban J connectivity index is 0.000000276. The topological polar surface area (TPSA) is 162 Å². The zero-order chi connectivity index (χ0) is 30.8. The van der Waals surface area contributed by atoms with Crippen molar-refractivity contribution >= 4 is 28.7 Å². The number of likely N-dealkylation sites (tertiary alicyclic amines) is 1. The maximum atomic E-state index is 11.6. The number of fused-ring (bicyclic) bond motifs is 3. The number of nitrogens with two attached hydrogens (primary N) is 2. The van der Waals surface area contributed by atoms with Crippen molar-refractivity contribution < 1.29 is 61.2 Å². The molecule has 2 bridgehead atoms. The van der Waals surface area contributed by atoms with E-state index in [4.69, 9.17) is 25.5 Å². The number of likely N-dealkylation sites (N-methyl/N-ethyl adjacent to an activating group) is 1. The van der Waals surface area contributed by atoms with Gasteiger partial charge < -0.3 is 35.8 Å². The molecule has 3 heterocycles. The van der Waals surface area contributed by atoms with E-state index in [0.29, 0.717) is 16.6 Å². The number of halogens is 6. The smallest absolute Gasteiger partial charge is 0.430 e. The molecule has 0 spiro atoms. The standard InChI is InChI=1S/C21H23N5O.2C2HF3O2/c1-25-13-21(10-17(25)11-23-21)9-14-5-7-16(8-6-14)26-12-15-3-2-4-18(20(22)27)19(15)24-26;2*3-2(4,5)1(6)7/h2-8,12,17,23H,9-11,13H2,1H3,(H2,22,27);2*(H,6,7). The van der Waals surface area contributed by atoms with Crippen molar-refractivity contribution in [2.24, 2.45) is 5.73 Å². The highest BCUT2D eigenvalue weighted by atomic mass is 19.4. The summed E-state index contributed by atoms with van der Waals surface area (Å²) in [6, 6.07) is 15.0. The summed E-state index contributed by atoms with van der Waals surface area (Å²) in [7, 11) is 2.32. The minimum absolute atomic E-state index is 0.382. The minimum atomic E-state index is -5.19. The molecule has 3 atom stereocenters. The first-order chi connectivity index (χ1) is 18.9. The van der Waals surface area contributed by atoms with Gasteiger partial charge in [-0.05, 0) is 23.8 Å². The quantitative estimate of drug-likeness (QED) is 0.295. The second kappa shape index (κ2) is 11.7. The van der Waals surface area contributed by atoms with E-state index in [1.807, 2.05) is 23.0 Å². The molecule has 5 rings (SSSR count). The van der Waals surface area contributed by atoms with Crippen molar-refractivity contribution in [1.29, 1.82) is 0 Å². The summed E-state index contributed by atoms with van der Waals surface area (Å²) < 4.78 is 64.9. The molecule has 5 N–H and O–H groups in total. The number of carboxylic acids is 2. The summed E-state index contributed by atoms with van der Waals surface area (Å²) in [6.45, 7) is 2.51. The van der Waals surface area contributed by atoms with Crippen LogP contribution in [0.1, 0.15) is 22.3 Å². The van der Waals surface area contributed by atoms with E-state index >= 15 is 0 Å². The third-order valence-corrected chi connectivity index (χ3v) is 6.84. The molecule has 2 saturated heterocycles. The fourth-order valence-corrected chi connectivity index (χ4v) is 5.03. The molecule has 1 amide bonds. The van der Waals surface area contributed by atoms with Gasteiger partial charge in [0.2, 0.25) is 0 Å². The lowest BCUT2D eigenvalue weighted by molar-refractivity contribution is -0.944. The van der Waals surface area contributed by atoms with Crippen LogP contribution in [0.4, 0.5) is 26.3 Å². The van der Waals surface area contributed by atoms with Gasteiger partial charge in [0.25, 0.3) is 5.91 Å². The Morgan fingerprint density at radius 3 is 2.05 bits per heavy atom. The summed E-state index contributed by atoms with van der Waals surface area (Å²) in [6.07, 6.45) is -6.00. The number of nitrogens with zero attached hydrogens (tertiary/aromatic N) is 2. The van der Waals surface area contributed by atoms with E-state index in [2.05, 4.69) is 41.7 Å². The first-order valence-electron chi connectivity index (χ1n) is 12.0. The first-order valence-corrected chi connectivity index (χ1v) is 12.0. The number of carboxylic acid groups (broad SMARTS) is 2.